The van der Waals surface area contributed by atoms with Crippen LogP contribution in [0.3, 0.4) is 0 Å². The molecular weight excluding hydrogens is 440 g/mol. The molecule has 0 aliphatic carbocycles. The van der Waals surface area contributed by atoms with Crippen molar-refractivity contribution in [3.8, 4) is 11.3 Å². The minimum absolute atomic E-state index is 0.350. The zero-order valence-corrected chi connectivity index (χ0v) is 19.7. The van der Waals surface area contributed by atoms with Gasteiger partial charge in [0.05, 0.1) is 10.6 Å². The van der Waals surface area contributed by atoms with Gasteiger partial charge in [0.1, 0.15) is 0 Å². The molecule has 0 atom stereocenters. The molecule has 0 bridgehead atoms. The molecular formula is C24H28N4O2S2. The highest BCUT2D eigenvalue weighted by Gasteiger charge is 2.25. The first kappa shape index (κ1) is 21.4. The van der Waals surface area contributed by atoms with E-state index in [-0.39, 0.29) is 0 Å². The number of sulfonamides is 1. The summed E-state index contributed by atoms with van der Waals surface area (Å²) in [5.41, 5.74) is 4.14. The first-order valence-corrected chi connectivity index (χ1v) is 13.6. The molecule has 2 fully saturated rings. The maximum Gasteiger partial charge on any atom is 0.243 e. The maximum absolute atomic E-state index is 12.8. The van der Waals surface area contributed by atoms with E-state index in [9.17, 15) is 8.42 Å². The van der Waals surface area contributed by atoms with Crippen LogP contribution in [-0.2, 0) is 10.0 Å². The number of nitrogens with one attached hydrogen (secondary N) is 1. The Hall–Kier alpha value is -2.42. The summed E-state index contributed by atoms with van der Waals surface area (Å²) in [7, 11) is -3.40. The van der Waals surface area contributed by atoms with Gasteiger partial charge in [0.15, 0.2) is 5.13 Å². The van der Waals surface area contributed by atoms with E-state index in [1.165, 1.54) is 18.5 Å². The highest BCUT2D eigenvalue weighted by Crippen LogP contribution is 2.30. The maximum atomic E-state index is 12.8. The molecule has 1 aromatic heterocycles. The molecule has 0 unspecified atom stereocenters. The molecule has 0 amide bonds. The predicted molar refractivity (Wildman–Crippen MR) is 131 cm³/mol. The molecule has 2 aliphatic heterocycles. The lowest BCUT2D eigenvalue weighted by molar-refractivity contribution is 0.346. The van der Waals surface area contributed by atoms with E-state index in [4.69, 9.17) is 4.98 Å². The molecule has 0 radical (unpaired) electrons. The molecule has 6 nitrogen and oxygen atoms in total. The van der Waals surface area contributed by atoms with Crippen molar-refractivity contribution in [3.63, 3.8) is 0 Å². The molecule has 2 aliphatic rings. The molecule has 8 heteroatoms. The van der Waals surface area contributed by atoms with Gasteiger partial charge in [-0.25, -0.2) is 13.4 Å². The van der Waals surface area contributed by atoms with Crippen LogP contribution in [0.25, 0.3) is 11.3 Å². The predicted octanol–water partition coefficient (Wildman–Crippen LogP) is 5.33. The summed E-state index contributed by atoms with van der Waals surface area (Å²) in [5, 5.41) is 6.13. The average molecular weight is 469 g/mol. The number of rotatable bonds is 6. The van der Waals surface area contributed by atoms with Crippen LogP contribution in [0.2, 0.25) is 0 Å². The summed E-state index contributed by atoms with van der Waals surface area (Å²) in [6, 6.07) is 15.6. The smallest absolute Gasteiger partial charge is 0.243 e. The van der Waals surface area contributed by atoms with Crippen molar-refractivity contribution < 1.29 is 8.42 Å². The summed E-state index contributed by atoms with van der Waals surface area (Å²) >= 11 is 1.54. The van der Waals surface area contributed by atoms with Crippen LogP contribution >= 0.6 is 11.3 Å². The second-order valence-corrected chi connectivity index (χ2v) is 11.2. The summed E-state index contributed by atoms with van der Waals surface area (Å²) < 4.78 is 27.2. The lowest BCUT2D eigenvalue weighted by Crippen LogP contribution is -2.35. The Morgan fingerprint density at radius 3 is 2.16 bits per heavy atom. The van der Waals surface area contributed by atoms with Gasteiger partial charge in [0.25, 0.3) is 0 Å². The van der Waals surface area contributed by atoms with Gasteiger partial charge in [0, 0.05) is 48.5 Å². The van der Waals surface area contributed by atoms with E-state index in [2.05, 4.69) is 34.5 Å². The Balaban J connectivity index is 1.25. The molecule has 32 heavy (non-hydrogen) atoms. The fourth-order valence-corrected chi connectivity index (χ4v) is 6.63. The van der Waals surface area contributed by atoms with E-state index in [1.807, 2.05) is 17.5 Å². The van der Waals surface area contributed by atoms with Crippen molar-refractivity contribution in [1.82, 2.24) is 9.29 Å². The number of piperidine rings is 1. The van der Waals surface area contributed by atoms with E-state index in [0.29, 0.717) is 18.0 Å². The van der Waals surface area contributed by atoms with E-state index >= 15 is 0 Å². The minimum Gasteiger partial charge on any atom is -0.372 e. The Morgan fingerprint density at radius 1 is 0.812 bits per heavy atom. The van der Waals surface area contributed by atoms with Gasteiger partial charge in [-0.3, -0.25) is 0 Å². The number of nitrogens with zero attached hydrogens (tertiary/aromatic N) is 3. The van der Waals surface area contributed by atoms with Gasteiger partial charge in [-0.2, -0.15) is 4.31 Å². The molecule has 3 aromatic rings. The molecule has 0 spiro atoms. The molecule has 2 saturated heterocycles. The van der Waals surface area contributed by atoms with Gasteiger partial charge in [0.2, 0.25) is 10.0 Å². The van der Waals surface area contributed by atoms with E-state index in [1.54, 1.807) is 27.8 Å². The highest BCUT2D eigenvalue weighted by atomic mass is 32.2. The first-order chi connectivity index (χ1) is 15.6. The van der Waals surface area contributed by atoms with Crippen molar-refractivity contribution in [2.45, 2.75) is 37.0 Å². The van der Waals surface area contributed by atoms with Crippen LogP contribution in [0.4, 0.5) is 16.5 Å². The number of anilines is 3. The van der Waals surface area contributed by atoms with E-state index in [0.717, 1.165) is 54.4 Å². The molecule has 168 valence electrons. The summed E-state index contributed by atoms with van der Waals surface area (Å²) in [4.78, 5) is 7.49. The van der Waals surface area contributed by atoms with E-state index < -0.39 is 10.0 Å². The Labute approximate surface area is 194 Å². The lowest BCUT2D eigenvalue weighted by Gasteiger charge is -2.25. The van der Waals surface area contributed by atoms with Crippen LogP contribution in [0, 0.1) is 0 Å². The Kier molecular flexibility index (Phi) is 6.17. The molecule has 5 rings (SSSR count). The third-order valence-corrected chi connectivity index (χ3v) is 8.87. The second-order valence-electron chi connectivity index (χ2n) is 8.39. The highest BCUT2D eigenvalue weighted by molar-refractivity contribution is 7.89. The SMILES string of the molecule is O=S(=O)(c1ccc(Nc2nc(-c3ccc(N4CCCC4)cc3)cs2)cc1)N1CCCCC1. The molecule has 0 saturated carbocycles. The summed E-state index contributed by atoms with van der Waals surface area (Å²) in [6.45, 7) is 3.51. The van der Waals surface area contributed by atoms with Crippen molar-refractivity contribution in [3.05, 3.63) is 53.9 Å². The zero-order chi connectivity index (χ0) is 22.0. The number of aromatic nitrogens is 1. The number of hydrogen-bond donors (Lipinski definition) is 1. The van der Waals surface area contributed by atoms with Crippen LogP contribution in [0.5, 0.6) is 0 Å². The second kappa shape index (κ2) is 9.21. The zero-order valence-electron chi connectivity index (χ0n) is 18.0. The largest absolute Gasteiger partial charge is 0.372 e. The van der Waals surface area contributed by atoms with Gasteiger partial charge in [-0.15, -0.1) is 11.3 Å². The molecule has 2 aromatic carbocycles. The Bertz CT molecular complexity index is 1150. The lowest BCUT2D eigenvalue weighted by atomic mass is 10.1. The van der Waals surface area contributed by atoms with Crippen LogP contribution < -0.4 is 10.2 Å². The van der Waals surface area contributed by atoms with Crippen LogP contribution in [0.15, 0.2) is 58.8 Å². The quantitative estimate of drug-likeness (QED) is 0.530. The normalized spacial score (nSPS) is 17.6. The summed E-state index contributed by atoms with van der Waals surface area (Å²) in [6.07, 6.45) is 5.52. The monoisotopic (exact) mass is 468 g/mol. The van der Waals surface area contributed by atoms with Gasteiger partial charge < -0.3 is 10.2 Å². The third kappa shape index (κ3) is 4.53. The van der Waals surface area contributed by atoms with Crippen molar-refractivity contribution >= 4 is 37.9 Å². The third-order valence-electron chi connectivity index (χ3n) is 6.20. The average Bonchev–Trinajstić information content (AvgIpc) is 3.53. The van der Waals surface area contributed by atoms with Crippen molar-refractivity contribution in [2.24, 2.45) is 0 Å². The Morgan fingerprint density at radius 2 is 1.47 bits per heavy atom. The summed E-state index contributed by atoms with van der Waals surface area (Å²) in [5.74, 6) is 0. The number of thiazole rings is 1. The topological polar surface area (TPSA) is 65.5 Å². The van der Waals surface area contributed by atoms with Gasteiger partial charge >= 0.3 is 0 Å². The van der Waals surface area contributed by atoms with Crippen LogP contribution in [-0.4, -0.2) is 43.9 Å². The molecule has 3 heterocycles. The van der Waals surface area contributed by atoms with Crippen molar-refractivity contribution in [1.29, 1.82) is 0 Å². The molecule has 1 N–H and O–H groups in total. The standard InChI is InChI=1S/C24H28N4O2S2/c29-32(30,28-16-2-1-3-17-28)22-12-8-20(9-13-22)25-24-26-23(18-31-24)19-6-10-21(11-7-19)27-14-4-5-15-27/h6-13,18H,1-5,14-17H2,(H,25,26). The first-order valence-electron chi connectivity index (χ1n) is 11.3. The number of hydrogen-bond acceptors (Lipinski definition) is 6. The fourth-order valence-electron chi connectivity index (χ4n) is 4.37. The minimum atomic E-state index is -3.40. The number of benzene rings is 2. The van der Waals surface area contributed by atoms with Gasteiger partial charge in [-0.1, -0.05) is 18.6 Å². The van der Waals surface area contributed by atoms with Gasteiger partial charge in [-0.05, 0) is 62.1 Å². The van der Waals surface area contributed by atoms with Crippen LogP contribution in [0.1, 0.15) is 32.1 Å². The van der Waals surface area contributed by atoms with Crippen molar-refractivity contribution in [2.75, 3.05) is 36.4 Å². The fraction of sp³-hybridized carbons (Fsp3) is 0.375.